The molecule has 0 aliphatic rings. The summed E-state index contributed by atoms with van der Waals surface area (Å²) in [4.78, 5) is 0. The van der Waals surface area contributed by atoms with Gasteiger partial charge in [-0.05, 0) is 42.3 Å². The monoisotopic (exact) mass is 368 g/mol. The van der Waals surface area contributed by atoms with Crippen molar-refractivity contribution in [3.63, 3.8) is 0 Å². The Morgan fingerprint density at radius 1 is 1.00 bits per heavy atom. The molecule has 0 spiro atoms. The fraction of sp³-hybridized carbons (Fsp3) is 0.200. The van der Waals surface area contributed by atoms with Crippen LogP contribution >= 0.6 is 31.9 Å². The number of benzene rings is 2. The van der Waals surface area contributed by atoms with Gasteiger partial charge >= 0.3 is 0 Å². The highest BCUT2D eigenvalue weighted by Gasteiger charge is 2.23. The van der Waals surface area contributed by atoms with Gasteiger partial charge in [-0.25, -0.2) is 0 Å². The lowest BCUT2D eigenvalue weighted by Crippen LogP contribution is -2.24. The maximum atomic E-state index is 10.6. The van der Waals surface area contributed by atoms with E-state index in [0.717, 1.165) is 20.1 Å². The Morgan fingerprint density at radius 2 is 1.61 bits per heavy atom. The molecule has 0 aliphatic carbocycles. The predicted molar refractivity (Wildman–Crippen MR) is 81.6 cm³/mol. The van der Waals surface area contributed by atoms with Gasteiger partial charge in [0.25, 0.3) is 0 Å². The van der Waals surface area contributed by atoms with Crippen LogP contribution in [0.25, 0.3) is 0 Å². The van der Waals surface area contributed by atoms with Crippen LogP contribution in [0.3, 0.4) is 0 Å². The second-order valence-electron chi connectivity index (χ2n) is 4.59. The van der Waals surface area contributed by atoms with Gasteiger partial charge in [-0.1, -0.05) is 56.1 Å². The number of hydrogen-bond acceptors (Lipinski definition) is 1. The van der Waals surface area contributed by atoms with Gasteiger partial charge in [0.1, 0.15) is 0 Å². The largest absolute Gasteiger partial charge is 0.385 e. The van der Waals surface area contributed by atoms with Crippen molar-refractivity contribution in [2.24, 2.45) is 0 Å². The van der Waals surface area contributed by atoms with Gasteiger partial charge < -0.3 is 5.11 Å². The Morgan fingerprint density at radius 3 is 2.22 bits per heavy atom. The molecule has 18 heavy (non-hydrogen) atoms. The molecule has 0 bridgehead atoms. The molecule has 0 amide bonds. The minimum atomic E-state index is -0.870. The molecule has 3 heteroatoms. The third kappa shape index (κ3) is 3.44. The molecule has 1 unspecified atom stereocenters. The summed E-state index contributed by atoms with van der Waals surface area (Å²) >= 11 is 6.88. The van der Waals surface area contributed by atoms with Crippen LogP contribution in [0, 0.1) is 0 Å². The van der Waals surface area contributed by atoms with E-state index in [9.17, 15) is 5.11 Å². The highest BCUT2D eigenvalue weighted by atomic mass is 79.9. The molecule has 1 atom stereocenters. The van der Waals surface area contributed by atoms with Gasteiger partial charge in [-0.2, -0.15) is 0 Å². The summed E-state index contributed by atoms with van der Waals surface area (Å²) < 4.78 is 2.01. The zero-order valence-electron chi connectivity index (χ0n) is 10.0. The standard InChI is InChI=1S/C15H14Br2O/c1-15(18,12-5-3-7-14(17)9-12)10-11-4-2-6-13(16)8-11/h2-9,18H,10H2,1H3. The molecular formula is C15H14Br2O. The molecule has 0 fully saturated rings. The van der Waals surface area contributed by atoms with Gasteiger partial charge in [0.15, 0.2) is 0 Å². The summed E-state index contributed by atoms with van der Waals surface area (Å²) in [6.07, 6.45) is 0.586. The quantitative estimate of drug-likeness (QED) is 0.833. The van der Waals surface area contributed by atoms with E-state index in [-0.39, 0.29) is 0 Å². The Labute approximate surface area is 124 Å². The van der Waals surface area contributed by atoms with Gasteiger partial charge in [0.2, 0.25) is 0 Å². The van der Waals surface area contributed by atoms with Crippen molar-refractivity contribution in [1.29, 1.82) is 0 Å². The minimum absolute atomic E-state index is 0.586. The molecule has 1 nitrogen and oxygen atoms in total. The molecular weight excluding hydrogens is 356 g/mol. The maximum absolute atomic E-state index is 10.6. The first kappa shape index (κ1) is 13.8. The van der Waals surface area contributed by atoms with Crippen LogP contribution in [-0.4, -0.2) is 5.11 Å². The van der Waals surface area contributed by atoms with Gasteiger partial charge in [-0.3, -0.25) is 0 Å². The third-order valence-electron chi connectivity index (χ3n) is 2.88. The average Bonchev–Trinajstić information content (AvgIpc) is 2.28. The first-order valence-corrected chi connectivity index (χ1v) is 7.29. The van der Waals surface area contributed by atoms with Crippen molar-refractivity contribution in [2.45, 2.75) is 18.9 Å². The van der Waals surface area contributed by atoms with Crippen molar-refractivity contribution in [3.05, 3.63) is 68.6 Å². The summed E-state index contributed by atoms with van der Waals surface area (Å²) in [5.74, 6) is 0. The number of aliphatic hydroxyl groups is 1. The van der Waals surface area contributed by atoms with Crippen molar-refractivity contribution in [2.75, 3.05) is 0 Å². The van der Waals surface area contributed by atoms with Crippen LogP contribution in [0.2, 0.25) is 0 Å². The lowest BCUT2D eigenvalue weighted by Gasteiger charge is -2.24. The molecule has 0 saturated heterocycles. The SMILES string of the molecule is CC(O)(Cc1cccc(Br)c1)c1cccc(Br)c1. The van der Waals surface area contributed by atoms with Crippen LogP contribution in [0.5, 0.6) is 0 Å². The van der Waals surface area contributed by atoms with Crippen molar-refractivity contribution >= 4 is 31.9 Å². The van der Waals surface area contributed by atoms with Crippen molar-refractivity contribution in [1.82, 2.24) is 0 Å². The zero-order chi connectivity index (χ0) is 13.2. The molecule has 2 aromatic rings. The molecule has 0 radical (unpaired) electrons. The molecule has 0 heterocycles. The van der Waals surface area contributed by atoms with E-state index in [2.05, 4.69) is 31.9 Å². The maximum Gasteiger partial charge on any atom is 0.0909 e. The molecule has 0 saturated carbocycles. The number of rotatable bonds is 3. The summed E-state index contributed by atoms with van der Waals surface area (Å²) in [6.45, 7) is 1.84. The second-order valence-corrected chi connectivity index (χ2v) is 6.42. The van der Waals surface area contributed by atoms with Crippen LogP contribution in [-0.2, 0) is 12.0 Å². The van der Waals surface area contributed by atoms with Gasteiger partial charge in [0.05, 0.1) is 5.60 Å². The summed E-state index contributed by atoms with van der Waals surface area (Å²) in [5, 5.41) is 10.6. The Bertz CT molecular complexity index is 550. The van der Waals surface area contributed by atoms with Crippen LogP contribution in [0.4, 0.5) is 0 Å². The van der Waals surface area contributed by atoms with E-state index in [0.29, 0.717) is 6.42 Å². The normalized spacial score (nSPS) is 14.2. The lowest BCUT2D eigenvalue weighted by molar-refractivity contribution is 0.0575. The van der Waals surface area contributed by atoms with Gasteiger partial charge in [0, 0.05) is 15.4 Å². The Kier molecular flexibility index (Phi) is 4.25. The van der Waals surface area contributed by atoms with Crippen LogP contribution < -0.4 is 0 Å². The fourth-order valence-electron chi connectivity index (χ4n) is 1.97. The van der Waals surface area contributed by atoms with E-state index in [1.807, 2.05) is 55.5 Å². The smallest absolute Gasteiger partial charge is 0.0909 e. The topological polar surface area (TPSA) is 20.2 Å². The molecule has 2 rings (SSSR count). The van der Waals surface area contributed by atoms with E-state index < -0.39 is 5.60 Å². The highest BCUT2D eigenvalue weighted by Crippen LogP contribution is 2.28. The zero-order valence-corrected chi connectivity index (χ0v) is 13.2. The van der Waals surface area contributed by atoms with Crippen molar-refractivity contribution in [3.8, 4) is 0 Å². The van der Waals surface area contributed by atoms with Gasteiger partial charge in [-0.15, -0.1) is 0 Å². The molecule has 1 N–H and O–H groups in total. The highest BCUT2D eigenvalue weighted by molar-refractivity contribution is 9.10. The van der Waals surface area contributed by atoms with E-state index >= 15 is 0 Å². The second kappa shape index (κ2) is 5.55. The van der Waals surface area contributed by atoms with E-state index in [1.54, 1.807) is 0 Å². The third-order valence-corrected chi connectivity index (χ3v) is 3.87. The van der Waals surface area contributed by atoms with Crippen LogP contribution in [0.15, 0.2) is 57.5 Å². The minimum Gasteiger partial charge on any atom is -0.385 e. The van der Waals surface area contributed by atoms with E-state index in [4.69, 9.17) is 0 Å². The summed E-state index contributed by atoms with van der Waals surface area (Å²) in [7, 11) is 0. The Balaban J connectivity index is 2.26. The Hall–Kier alpha value is -0.640. The molecule has 2 aromatic carbocycles. The fourth-order valence-corrected chi connectivity index (χ4v) is 2.82. The van der Waals surface area contributed by atoms with Crippen molar-refractivity contribution < 1.29 is 5.11 Å². The number of hydrogen-bond donors (Lipinski definition) is 1. The average molecular weight is 370 g/mol. The predicted octanol–water partition coefficient (Wildman–Crippen LogP) is 4.66. The lowest BCUT2D eigenvalue weighted by atomic mass is 9.89. The molecule has 0 aliphatic heterocycles. The molecule has 94 valence electrons. The summed E-state index contributed by atoms with van der Waals surface area (Å²) in [6, 6.07) is 15.8. The number of halogens is 2. The molecule has 0 aromatic heterocycles. The van der Waals surface area contributed by atoms with E-state index in [1.165, 1.54) is 0 Å². The first-order valence-electron chi connectivity index (χ1n) is 5.70. The summed E-state index contributed by atoms with van der Waals surface area (Å²) in [5.41, 5.74) is 1.15. The van der Waals surface area contributed by atoms with Crippen LogP contribution in [0.1, 0.15) is 18.1 Å². The first-order chi connectivity index (χ1) is 8.47.